The zero-order chi connectivity index (χ0) is 42.7. The predicted molar refractivity (Wildman–Crippen MR) is 219 cm³/mol. The van der Waals surface area contributed by atoms with E-state index in [1.54, 1.807) is 21.0 Å². The summed E-state index contributed by atoms with van der Waals surface area (Å²) in [5.74, 6) is 2.18. The van der Waals surface area contributed by atoms with Crippen LogP contribution in [0.15, 0.2) is 30.3 Å². The normalized spacial score (nSPS) is 21.9. The van der Waals surface area contributed by atoms with Gasteiger partial charge in [0.05, 0.1) is 34.7 Å². The molecule has 13 nitrogen and oxygen atoms in total. The lowest BCUT2D eigenvalue weighted by Crippen LogP contribution is -2.59. The summed E-state index contributed by atoms with van der Waals surface area (Å²) in [7, 11) is 1.60. The third kappa shape index (κ3) is 10.6. The van der Waals surface area contributed by atoms with Crippen LogP contribution in [0.1, 0.15) is 114 Å². The lowest BCUT2D eigenvalue weighted by atomic mass is 9.73. The van der Waals surface area contributed by atoms with Crippen LogP contribution in [0.3, 0.4) is 0 Å². The molecule has 3 aromatic rings. The van der Waals surface area contributed by atoms with Crippen LogP contribution < -0.4 is 10.1 Å². The molecule has 6 rings (SSSR count). The zero-order valence-electron chi connectivity index (χ0n) is 35.1. The molecule has 0 spiro atoms. The molecule has 3 aliphatic rings. The number of nitrogens with one attached hydrogen (secondary N) is 1. The van der Waals surface area contributed by atoms with E-state index in [0.717, 1.165) is 108 Å². The fourth-order valence-electron chi connectivity index (χ4n) is 9.03. The van der Waals surface area contributed by atoms with E-state index in [0.29, 0.717) is 53.1 Å². The quantitative estimate of drug-likeness (QED) is 0.106. The number of benzene rings is 2. The Bertz CT molecular complexity index is 1980. The van der Waals surface area contributed by atoms with E-state index in [4.69, 9.17) is 9.47 Å². The van der Waals surface area contributed by atoms with Gasteiger partial charge in [-0.05, 0) is 128 Å². The average Bonchev–Trinajstić information content (AvgIpc) is 3.19. The number of nitro groups is 1. The average molecular weight is 826 g/mol. The number of halogens is 3. The van der Waals surface area contributed by atoms with E-state index in [-0.39, 0.29) is 17.6 Å². The minimum Gasteiger partial charge on any atom is -0.496 e. The van der Waals surface area contributed by atoms with Crippen molar-refractivity contribution in [3.05, 3.63) is 63.0 Å². The summed E-state index contributed by atoms with van der Waals surface area (Å²) < 4.78 is 52.5. The van der Waals surface area contributed by atoms with Gasteiger partial charge in [-0.3, -0.25) is 15.0 Å². The first-order chi connectivity index (χ1) is 27.9. The number of piperazine rings is 1. The van der Waals surface area contributed by atoms with Crippen molar-refractivity contribution in [2.45, 2.75) is 115 Å². The minimum atomic E-state index is -4.76. The Labute approximate surface area is 344 Å². The van der Waals surface area contributed by atoms with E-state index in [1.165, 1.54) is 0 Å². The number of alkyl halides is 3. The van der Waals surface area contributed by atoms with Gasteiger partial charge in [0, 0.05) is 62.9 Å². The summed E-state index contributed by atoms with van der Waals surface area (Å²) in [6.07, 6.45) is 3.35. The molecule has 0 bridgehead atoms. The lowest BCUT2D eigenvalue weighted by Gasteiger charge is -2.48. The summed E-state index contributed by atoms with van der Waals surface area (Å²) in [6, 6.07) is 5.64. The van der Waals surface area contributed by atoms with Crippen LogP contribution in [-0.4, -0.2) is 106 Å². The van der Waals surface area contributed by atoms with Crippen LogP contribution in [0.25, 0.3) is 10.9 Å². The number of likely N-dealkylation sites (tertiary alicyclic amines) is 1. The highest BCUT2D eigenvalue weighted by Gasteiger charge is 2.42. The van der Waals surface area contributed by atoms with Gasteiger partial charge in [-0.1, -0.05) is 0 Å². The zero-order valence-corrected chi connectivity index (χ0v) is 35.1. The number of aromatic nitrogens is 2. The third-order valence-corrected chi connectivity index (χ3v) is 12.4. The summed E-state index contributed by atoms with van der Waals surface area (Å²) >= 11 is 0. The summed E-state index contributed by atoms with van der Waals surface area (Å²) in [4.78, 5) is 51.9. The van der Waals surface area contributed by atoms with Gasteiger partial charge < -0.3 is 29.4 Å². The summed E-state index contributed by atoms with van der Waals surface area (Å²) in [5.41, 5.74) is -1.15. The number of carbonyl (C=O) groups is 2. The monoisotopic (exact) mass is 825 g/mol. The first kappa shape index (κ1) is 44.0. The van der Waals surface area contributed by atoms with Crippen molar-refractivity contribution in [2.75, 3.05) is 58.2 Å². The smallest absolute Gasteiger partial charge is 0.416 e. The molecule has 2 aliphatic heterocycles. The van der Waals surface area contributed by atoms with Crippen molar-refractivity contribution >= 4 is 34.8 Å². The molecule has 3 fully saturated rings. The molecular weight excluding hydrogens is 768 g/mol. The molecule has 1 aliphatic carbocycles. The number of ether oxygens (including phenoxy) is 2. The van der Waals surface area contributed by atoms with Crippen LogP contribution in [0.5, 0.6) is 5.75 Å². The highest BCUT2D eigenvalue weighted by atomic mass is 19.4. The Morgan fingerprint density at radius 2 is 1.69 bits per heavy atom. The Morgan fingerprint density at radius 3 is 2.29 bits per heavy atom. The second-order valence-corrected chi connectivity index (χ2v) is 17.5. The number of methoxy groups -OCH3 is 1. The van der Waals surface area contributed by atoms with Crippen molar-refractivity contribution in [2.24, 2.45) is 5.92 Å². The van der Waals surface area contributed by atoms with Crippen molar-refractivity contribution in [3.8, 4) is 5.75 Å². The number of aldehydes is 1. The molecule has 2 saturated heterocycles. The fraction of sp³-hybridized carbons (Fsp3) is 0.628. The second kappa shape index (κ2) is 18.0. The number of hydrogen-bond acceptors (Lipinski definition) is 11. The second-order valence-electron chi connectivity index (χ2n) is 17.5. The molecule has 0 unspecified atom stereocenters. The largest absolute Gasteiger partial charge is 0.496 e. The van der Waals surface area contributed by atoms with Gasteiger partial charge in [-0.25, -0.2) is 14.8 Å². The standard InChI is InChI=1S/C43H58F3N7O6/c1-28(32-22-33(43(44,45)46)24-34(23-32)53(56)57)47-39-36-25-35(38(58-6)26-37(36)48-29(2)49-39)31-9-13-42(27-54,14-10-31)52-20-18-50(19-21-52)15-7-8-30-11-16-51(17-12-30)40(55)59-41(3,4)5/h22-28,30-31H,7-21H2,1-6H3,(H,47,48,49)/t28-,31?,42?/m1/s1. The topological polar surface area (TPSA) is 143 Å². The number of anilines is 1. The highest BCUT2D eigenvalue weighted by Crippen LogP contribution is 2.45. The Balaban J connectivity index is 1.06. The molecule has 16 heteroatoms. The molecule has 1 atom stereocenters. The predicted octanol–water partition coefficient (Wildman–Crippen LogP) is 8.69. The molecular formula is C43H58F3N7O6. The van der Waals surface area contributed by atoms with Gasteiger partial charge in [0.2, 0.25) is 0 Å². The number of hydrogen-bond donors (Lipinski definition) is 1. The van der Waals surface area contributed by atoms with Crippen LogP contribution >= 0.6 is 0 Å². The Hall–Kier alpha value is -4.57. The SMILES string of the molecule is COc1cc2nc(C)nc(N[C@H](C)c3cc([N+](=O)[O-])cc(C(F)(F)F)c3)c2cc1C1CCC(C=O)(N2CCN(CCCC3CCN(C(=O)OC(C)(C)C)CC3)CC2)CC1. The highest BCUT2D eigenvalue weighted by molar-refractivity contribution is 5.91. The van der Waals surface area contributed by atoms with Crippen LogP contribution in [-0.2, 0) is 15.7 Å². The van der Waals surface area contributed by atoms with Gasteiger partial charge in [0.1, 0.15) is 29.3 Å². The van der Waals surface area contributed by atoms with Gasteiger partial charge in [0.25, 0.3) is 5.69 Å². The first-order valence-corrected chi connectivity index (χ1v) is 20.8. The fourth-order valence-corrected chi connectivity index (χ4v) is 9.03. The van der Waals surface area contributed by atoms with E-state index >= 15 is 0 Å². The number of non-ortho nitro benzene ring substituents is 1. The number of carbonyl (C=O) groups excluding carboxylic acids is 2. The maximum Gasteiger partial charge on any atom is 0.416 e. The van der Waals surface area contributed by atoms with Gasteiger partial charge >= 0.3 is 12.3 Å². The van der Waals surface area contributed by atoms with Gasteiger partial charge in [0.15, 0.2) is 0 Å². The number of nitrogens with zero attached hydrogens (tertiary/aromatic N) is 6. The van der Waals surface area contributed by atoms with E-state index < -0.39 is 39.5 Å². The molecule has 3 heterocycles. The molecule has 1 aromatic heterocycles. The number of amides is 1. The number of rotatable bonds is 12. The Kier molecular flexibility index (Phi) is 13.4. The number of nitro benzene ring substituents is 1. The van der Waals surface area contributed by atoms with Gasteiger partial charge in [-0.2, -0.15) is 13.2 Å². The van der Waals surface area contributed by atoms with E-state index in [2.05, 4.69) is 25.1 Å². The van der Waals surface area contributed by atoms with Gasteiger partial charge in [-0.15, -0.1) is 0 Å². The first-order valence-electron chi connectivity index (χ1n) is 20.8. The van der Waals surface area contributed by atoms with Crippen molar-refractivity contribution in [1.82, 2.24) is 24.7 Å². The van der Waals surface area contributed by atoms with E-state index in [1.807, 2.05) is 37.8 Å². The minimum absolute atomic E-state index is 0.0809. The molecule has 1 N–H and O–H groups in total. The molecule has 322 valence electrons. The van der Waals surface area contributed by atoms with Crippen LogP contribution in [0.2, 0.25) is 0 Å². The molecule has 59 heavy (non-hydrogen) atoms. The lowest BCUT2D eigenvalue weighted by molar-refractivity contribution is -0.385. The Morgan fingerprint density at radius 1 is 1.02 bits per heavy atom. The van der Waals surface area contributed by atoms with Crippen molar-refractivity contribution in [1.29, 1.82) is 0 Å². The molecule has 1 saturated carbocycles. The van der Waals surface area contributed by atoms with E-state index in [9.17, 15) is 32.9 Å². The molecule has 1 amide bonds. The number of piperidine rings is 1. The van der Waals surface area contributed by atoms with Crippen LogP contribution in [0.4, 0.5) is 29.5 Å². The van der Waals surface area contributed by atoms with Crippen molar-refractivity contribution < 1.29 is 37.2 Å². The number of fused-ring (bicyclic) bond motifs is 1. The molecule has 2 aromatic carbocycles. The maximum atomic E-state index is 13.7. The summed E-state index contributed by atoms with van der Waals surface area (Å²) in [5, 5.41) is 15.4. The third-order valence-electron chi connectivity index (χ3n) is 12.4. The molecule has 0 radical (unpaired) electrons. The maximum absolute atomic E-state index is 13.7. The number of aryl methyl sites for hydroxylation is 1. The summed E-state index contributed by atoms with van der Waals surface area (Å²) in [6.45, 7) is 15.0. The van der Waals surface area contributed by atoms with Crippen LogP contribution in [0, 0.1) is 23.0 Å². The van der Waals surface area contributed by atoms with Crippen molar-refractivity contribution in [3.63, 3.8) is 0 Å².